The van der Waals surface area contributed by atoms with E-state index in [2.05, 4.69) is 10.6 Å². The van der Waals surface area contributed by atoms with Crippen molar-refractivity contribution >= 4 is 23.6 Å². The van der Waals surface area contributed by atoms with E-state index >= 15 is 0 Å². The van der Waals surface area contributed by atoms with Gasteiger partial charge in [0, 0.05) is 19.2 Å². The van der Waals surface area contributed by atoms with Crippen LogP contribution in [0.4, 0.5) is 0 Å². The van der Waals surface area contributed by atoms with E-state index in [4.69, 9.17) is 16.2 Å². The minimum Gasteiger partial charge on any atom is -0.480 e. The molecule has 0 spiro atoms. The predicted molar refractivity (Wildman–Crippen MR) is 115 cm³/mol. The van der Waals surface area contributed by atoms with Gasteiger partial charge in [-0.05, 0) is 5.56 Å². The summed E-state index contributed by atoms with van der Waals surface area (Å²) in [6, 6.07) is 6.88. The Morgan fingerprint density at radius 3 is 2.03 bits per heavy atom. The maximum atomic E-state index is 11.8. The molecule has 0 aliphatic heterocycles. The number of nitrogens with zero attached hydrogens (tertiary/aromatic N) is 1. The van der Waals surface area contributed by atoms with Crippen molar-refractivity contribution in [2.75, 3.05) is 26.7 Å². The molecule has 0 radical (unpaired) electrons. The Morgan fingerprint density at radius 1 is 1.03 bits per heavy atom. The summed E-state index contributed by atoms with van der Waals surface area (Å²) in [4.78, 5) is 35.1. The number of carboxylic acids is 1. The van der Waals surface area contributed by atoms with Gasteiger partial charge in [0.25, 0.3) is 0 Å². The zero-order valence-electron chi connectivity index (χ0n) is 17.6. The van der Waals surface area contributed by atoms with E-state index in [1.165, 1.54) is 50.5 Å². The van der Waals surface area contributed by atoms with E-state index in [1.807, 2.05) is 0 Å². The molecule has 0 atom stereocenters. The number of nitrogen functional groups attached to an aromatic ring is 1. The van der Waals surface area contributed by atoms with E-state index in [1.54, 1.807) is 24.3 Å². The zero-order valence-corrected chi connectivity index (χ0v) is 17.6. The largest absolute Gasteiger partial charge is 0.480 e. The topological polar surface area (TPSA) is 149 Å². The first kappa shape index (κ1) is 25.1. The minimum absolute atomic E-state index is 0.0257. The molecule has 166 valence electrons. The second-order valence-corrected chi connectivity index (χ2v) is 7.26. The molecule has 30 heavy (non-hydrogen) atoms. The lowest BCUT2D eigenvalue weighted by atomic mass is 10.0. The molecule has 1 aliphatic carbocycles. The molecule has 1 fully saturated rings. The number of rotatable bonds is 9. The number of carbonyl (C=O) groups excluding carboxylic acids is 2. The number of hydrogen-bond acceptors (Lipinski definition) is 5. The predicted octanol–water partition coefficient (Wildman–Crippen LogP) is 1.06. The van der Waals surface area contributed by atoms with Gasteiger partial charge in [-0.15, -0.1) is 0 Å². The maximum Gasteiger partial charge on any atom is 0.317 e. The van der Waals surface area contributed by atoms with Gasteiger partial charge < -0.3 is 21.1 Å². The number of amidine groups is 1. The number of carboxylic acid groups (broad SMARTS) is 1. The van der Waals surface area contributed by atoms with Crippen molar-refractivity contribution in [2.24, 2.45) is 5.73 Å². The summed E-state index contributed by atoms with van der Waals surface area (Å²) in [6.45, 7) is -0.306. The second-order valence-electron chi connectivity index (χ2n) is 7.26. The molecule has 0 saturated heterocycles. The number of nitrogens with one attached hydrogen (secondary N) is 3. The molecule has 6 N–H and O–H groups in total. The first-order valence-electron chi connectivity index (χ1n) is 10.2. The minimum atomic E-state index is -1.06. The quantitative estimate of drug-likeness (QED) is 0.298. The fourth-order valence-corrected chi connectivity index (χ4v) is 2.83. The summed E-state index contributed by atoms with van der Waals surface area (Å²) in [5, 5.41) is 20.9. The SMILES string of the molecule is C1CCCCC1.CN(CC(=O)NCc1ccc(C(=N)N)cc1)C(=O)CNCC(=O)O. The van der Waals surface area contributed by atoms with Crippen LogP contribution in [0.2, 0.25) is 0 Å². The van der Waals surface area contributed by atoms with E-state index in [0.29, 0.717) is 5.56 Å². The van der Waals surface area contributed by atoms with Crippen LogP contribution in [0.3, 0.4) is 0 Å². The second kappa shape index (κ2) is 14.1. The Hall–Kier alpha value is -2.94. The van der Waals surface area contributed by atoms with Crippen LogP contribution in [-0.2, 0) is 20.9 Å². The van der Waals surface area contributed by atoms with Crippen molar-refractivity contribution in [1.82, 2.24) is 15.5 Å². The monoisotopic (exact) mass is 419 g/mol. The molecule has 9 nitrogen and oxygen atoms in total. The summed E-state index contributed by atoms with van der Waals surface area (Å²) in [7, 11) is 1.46. The molecule has 0 aromatic heterocycles. The molecule has 1 aromatic rings. The molecular formula is C21H33N5O4. The standard InChI is InChI=1S/C15H21N5O4.C6H12/c1-20(13(22)7-18-8-14(23)24)9-12(21)19-6-10-2-4-11(5-3-10)15(16)17;1-2-4-6-5-3-1/h2-5,18H,6-9H2,1H3,(H3,16,17)(H,19,21)(H,23,24);1-6H2. The van der Waals surface area contributed by atoms with Gasteiger partial charge in [-0.3, -0.25) is 25.1 Å². The zero-order chi connectivity index (χ0) is 22.4. The summed E-state index contributed by atoms with van der Waals surface area (Å²) < 4.78 is 0. The molecular weight excluding hydrogens is 386 g/mol. The van der Waals surface area contributed by atoms with Crippen LogP contribution in [0.25, 0.3) is 0 Å². The Morgan fingerprint density at radius 2 is 1.57 bits per heavy atom. The smallest absolute Gasteiger partial charge is 0.317 e. The van der Waals surface area contributed by atoms with Gasteiger partial charge in [0.1, 0.15) is 5.84 Å². The first-order chi connectivity index (χ1) is 14.3. The van der Waals surface area contributed by atoms with Crippen LogP contribution in [0, 0.1) is 5.41 Å². The molecule has 1 aliphatic rings. The van der Waals surface area contributed by atoms with Gasteiger partial charge in [0.05, 0.1) is 19.6 Å². The van der Waals surface area contributed by atoms with Crippen molar-refractivity contribution in [1.29, 1.82) is 5.41 Å². The highest BCUT2D eigenvalue weighted by Gasteiger charge is 2.12. The average molecular weight is 420 g/mol. The van der Waals surface area contributed by atoms with E-state index in [-0.39, 0.29) is 43.8 Å². The molecule has 2 rings (SSSR count). The van der Waals surface area contributed by atoms with E-state index < -0.39 is 5.97 Å². The first-order valence-corrected chi connectivity index (χ1v) is 10.2. The van der Waals surface area contributed by atoms with Crippen molar-refractivity contribution in [3.63, 3.8) is 0 Å². The van der Waals surface area contributed by atoms with Gasteiger partial charge in [0.2, 0.25) is 11.8 Å². The van der Waals surface area contributed by atoms with Gasteiger partial charge in [0.15, 0.2) is 0 Å². The summed E-state index contributed by atoms with van der Waals surface area (Å²) in [6.07, 6.45) is 9.00. The van der Waals surface area contributed by atoms with Crippen LogP contribution in [0.15, 0.2) is 24.3 Å². The number of benzene rings is 1. The number of amides is 2. The number of hydrogen-bond donors (Lipinski definition) is 5. The van der Waals surface area contributed by atoms with Crippen LogP contribution in [-0.4, -0.2) is 60.3 Å². The Labute approximate surface area is 177 Å². The lowest BCUT2D eigenvalue weighted by Gasteiger charge is -2.17. The highest BCUT2D eigenvalue weighted by atomic mass is 16.4. The van der Waals surface area contributed by atoms with Crippen LogP contribution >= 0.6 is 0 Å². The lowest BCUT2D eigenvalue weighted by Crippen LogP contribution is -2.42. The lowest BCUT2D eigenvalue weighted by molar-refractivity contribution is -0.137. The van der Waals surface area contributed by atoms with Crippen LogP contribution in [0.1, 0.15) is 49.7 Å². The molecule has 1 saturated carbocycles. The average Bonchev–Trinajstić information content (AvgIpc) is 2.74. The van der Waals surface area contributed by atoms with Crippen LogP contribution < -0.4 is 16.4 Å². The maximum absolute atomic E-state index is 11.8. The van der Waals surface area contributed by atoms with Gasteiger partial charge in [-0.2, -0.15) is 0 Å². The van der Waals surface area contributed by atoms with Crippen molar-refractivity contribution in [3.8, 4) is 0 Å². The number of aliphatic carboxylic acids is 1. The number of nitrogens with two attached hydrogens (primary N) is 1. The van der Waals surface area contributed by atoms with E-state index in [0.717, 1.165) is 5.56 Å². The Kier molecular flexibility index (Phi) is 11.8. The fourth-order valence-electron chi connectivity index (χ4n) is 2.83. The molecule has 0 heterocycles. The highest BCUT2D eigenvalue weighted by molar-refractivity contribution is 5.94. The number of carbonyl (C=O) groups is 3. The summed E-state index contributed by atoms with van der Waals surface area (Å²) in [5.41, 5.74) is 6.80. The number of likely N-dealkylation sites (N-methyl/N-ethyl adjacent to an activating group) is 1. The third-order valence-electron chi connectivity index (χ3n) is 4.61. The van der Waals surface area contributed by atoms with Crippen molar-refractivity contribution < 1.29 is 19.5 Å². The van der Waals surface area contributed by atoms with Crippen LogP contribution in [0.5, 0.6) is 0 Å². The van der Waals surface area contributed by atoms with Crippen molar-refractivity contribution in [3.05, 3.63) is 35.4 Å². The molecule has 1 aromatic carbocycles. The molecule has 9 heteroatoms. The fraction of sp³-hybridized carbons (Fsp3) is 0.524. The molecule has 0 unspecified atom stereocenters. The normalized spacial score (nSPS) is 12.8. The van der Waals surface area contributed by atoms with Gasteiger partial charge in [-0.25, -0.2) is 0 Å². The third kappa shape index (κ3) is 11.2. The third-order valence-corrected chi connectivity index (χ3v) is 4.61. The Balaban J connectivity index is 0.000000637. The van der Waals surface area contributed by atoms with Gasteiger partial charge >= 0.3 is 5.97 Å². The van der Waals surface area contributed by atoms with E-state index in [9.17, 15) is 14.4 Å². The molecule has 2 amide bonds. The van der Waals surface area contributed by atoms with Crippen molar-refractivity contribution in [2.45, 2.75) is 45.1 Å². The van der Waals surface area contributed by atoms with Gasteiger partial charge in [-0.1, -0.05) is 62.8 Å². The molecule has 0 bridgehead atoms. The summed E-state index contributed by atoms with van der Waals surface area (Å²) in [5.74, 6) is -1.79. The summed E-state index contributed by atoms with van der Waals surface area (Å²) >= 11 is 0. The Bertz CT molecular complexity index is 690. The highest BCUT2D eigenvalue weighted by Crippen LogP contribution is 2.15.